The van der Waals surface area contributed by atoms with E-state index in [1.54, 1.807) is 31.6 Å². The van der Waals surface area contributed by atoms with E-state index in [0.29, 0.717) is 16.5 Å². The van der Waals surface area contributed by atoms with Crippen molar-refractivity contribution in [3.63, 3.8) is 0 Å². The Morgan fingerprint density at radius 3 is 2.95 bits per heavy atom. The summed E-state index contributed by atoms with van der Waals surface area (Å²) in [5.74, 6) is 6.36. The van der Waals surface area contributed by atoms with Crippen LogP contribution in [0.4, 0.5) is 0 Å². The Labute approximate surface area is 122 Å². The Morgan fingerprint density at radius 2 is 2.35 bits per heavy atom. The van der Waals surface area contributed by atoms with E-state index in [1.807, 2.05) is 4.68 Å². The lowest BCUT2D eigenvalue weighted by Gasteiger charge is -2.19. The Hall–Kier alpha value is -1.63. The van der Waals surface area contributed by atoms with Crippen molar-refractivity contribution in [1.29, 1.82) is 0 Å². The van der Waals surface area contributed by atoms with Crippen molar-refractivity contribution in [2.24, 2.45) is 5.84 Å². The predicted octanol–water partition coefficient (Wildman–Crippen LogP) is 1.90. The summed E-state index contributed by atoms with van der Waals surface area (Å²) >= 11 is 6.21. The first kappa shape index (κ1) is 14.8. The predicted molar refractivity (Wildman–Crippen MR) is 77.5 cm³/mol. The molecule has 1 atom stereocenters. The number of rotatable bonds is 6. The number of nitrogens with one attached hydrogen (secondary N) is 1. The van der Waals surface area contributed by atoms with Gasteiger partial charge >= 0.3 is 0 Å². The van der Waals surface area contributed by atoms with Gasteiger partial charge in [-0.1, -0.05) is 18.5 Å². The minimum absolute atomic E-state index is 0.382. The number of pyridine rings is 1. The standard InChI is InChI=1S/C13H18ClN5O/c1-3-7-19-13(10(20-2)8-17-19)12(18-15)11-9(14)5-4-6-16-11/h4-6,8,12,18H,3,7,15H2,1-2H3. The lowest BCUT2D eigenvalue weighted by molar-refractivity contribution is 0.397. The van der Waals surface area contributed by atoms with Gasteiger partial charge in [0.2, 0.25) is 0 Å². The molecule has 0 saturated carbocycles. The second-order valence-electron chi connectivity index (χ2n) is 4.29. The van der Waals surface area contributed by atoms with Crippen LogP contribution in [0.5, 0.6) is 5.75 Å². The largest absolute Gasteiger partial charge is 0.493 e. The molecule has 0 bridgehead atoms. The van der Waals surface area contributed by atoms with Crippen LogP contribution >= 0.6 is 11.6 Å². The van der Waals surface area contributed by atoms with Gasteiger partial charge in [0.05, 0.1) is 24.0 Å². The van der Waals surface area contributed by atoms with Gasteiger partial charge in [0, 0.05) is 12.7 Å². The molecule has 0 aliphatic rings. The molecule has 2 aromatic heterocycles. The molecule has 0 fully saturated rings. The highest BCUT2D eigenvalue weighted by atomic mass is 35.5. The topological polar surface area (TPSA) is 78.0 Å². The molecule has 0 aliphatic carbocycles. The van der Waals surface area contributed by atoms with E-state index in [9.17, 15) is 0 Å². The van der Waals surface area contributed by atoms with Gasteiger partial charge in [-0.05, 0) is 18.6 Å². The van der Waals surface area contributed by atoms with Gasteiger partial charge in [-0.25, -0.2) is 5.43 Å². The van der Waals surface area contributed by atoms with Gasteiger partial charge < -0.3 is 4.74 Å². The van der Waals surface area contributed by atoms with Crippen LogP contribution in [0.2, 0.25) is 5.02 Å². The number of aryl methyl sites for hydroxylation is 1. The quantitative estimate of drug-likeness (QED) is 0.629. The van der Waals surface area contributed by atoms with Crippen molar-refractivity contribution in [3.05, 3.63) is 40.9 Å². The number of hydrogen-bond donors (Lipinski definition) is 2. The number of nitrogens with two attached hydrogens (primary N) is 1. The monoisotopic (exact) mass is 295 g/mol. The third-order valence-corrected chi connectivity index (χ3v) is 3.32. The molecule has 1 unspecified atom stereocenters. The number of nitrogens with zero attached hydrogens (tertiary/aromatic N) is 3. The lowest BCUT2D eigenvalue weighted by atomic mass is 10.1. The minimum atomic E-state index is -0.382. The van der Waals surface area contributed by atoms with Crippen molar-refractivity contribution in [2.75, 3.05) is 7.11 Å². The van der Waals surface area contributed by atoms with Gasteiger partial charge in [0.15, 0.2) is 5.75 Å². The fraction of sp³-hybridized carbons (Fsp3) is 0.385. The summed E-state index contributed by atoms with van der Waals surface area (Å²) in [6, 6.07) is 3.18. The summed E-state index contributed by atoms with van der Waals surface area (Å²) in [4.78, 5) is 4.31. The SMILES string of the molecule is CCCn1ncc(OC)c1C(NN)c1ncccc1Cl. The van der Waals surface area contributed by atoms with Crippen LogP contribution in [0.25, 0.3) is 0 Å². The Morgan fingerprint density at radius 1 is 1.55 bits per heavy atom. The summed E-state index contributed by atoms with van der Waals surface area (Å²) in [5, 5.41) is 4.87. The van der Waals surface area contributed by atoms with E-state index in [4.69, 9.17) is 22.2 Å². The van der Waals surface area contributed by atoms with Crippen LogP contribution < -0.4 is 16.0 Å². The molecule has 0 aliphatic heterocycles. The normalized spacial score (nSPS) is 12.4. The summed E-state index contributed by atoms with van der Waals surface area (Å²) < 4.78 is 7.22. The van der Waals surface area contributed by atoms with Crippen LogP contribution in [0.3, 0.4) is 0 Å². The number of ether oxygens (including phenoxy) is 1. The Bertz CT molecular complexity index is 572. The molecule has 20 heavy (non-hydrogen) atoms. The van der Waals surface area contributed by atoms with E-state index in [1.165, 1.54) is 0 Å². The molecule has 0 saturated heterocycles. The fourth-order valence-electron chi connectivity index (χ4n) is 2.11. The molecule has 108 valence electrons. The molecule has 2 heterocycles. The zero-order valence-electron chi connectivity index (χ0n) is 11.5. The molecular weight excluding hydrogens is 278 g/mol. The summed E-state index contributed by atoms with van der Waals surface area (Å²) in [6.45, 7) is 2.85. The average Bonchev–Trinajstić information content (AvgIpc) is 2.85. The number of halogens is 1. The average molecular weight is 296 g/mol. The zero-order valence-corrected chi connectivity index (χ0v) is 12.3. The molecule has 6 nitrogen and oxygen atoms in total. The van der Waals surface area contributed by atoms with Gasteiger partial charge in [0.1, 0.15) is 11.7 Å². The molecule has 0 radical (unpaired) electrons. The van der Waals surface area contributed by atoms with Crippen LogP contribution in [0, 0.1) is 0 Å². The Balaban J connectivity index is 2.51. The highest BCUT2D eigenvalue weighted by Gasteiger charge is 2.25. The maximum Gasteiger partial charge on any atom is 0.162 e. The van der Waals surface area contributed by atoms with Crippen LogP contribution in [0.15, 0.2) is 24.5 Å². The van der Waals surface area contributed by atoms with Crippen molar-refractivity contribution in [3.8, 4) is 5.75 Å². The van der Waals surface area contributed by atoms with Gasteiger partial charge in [-0.15, -0.1) is 0 Å². The van der Waals surface area contributed by atoms with Crippen LogP contribution in [0.1, 0.15) is 30.8 Å². The summed E-state index contributed by atoms with van der Waals surface area (Å²) in [7, 11) is 1.60. The maximum atomic E-state index is 6.21. The molecule has 0 amide bonds. The number of hydrogen-bond acceptors (Lipinski definition) is 5. The number of aromatic nitrogens is 3. The first-order valence-electron chi connectivity index (χ1n) is 6.39. The van der Waals surface area contributed by atoms with E-state index in [0.717, 1.165) is 18.7 Å². The van der Waals surface area contributed by atoms with Crippen LogP contribution in [-0.2, 0) is 6.54 Å². The third-order valence-electron chi connectivity index (χ3n) is 3.00. The van der Waals surface area contributed by atoms with E-state index in [-0.39, 0.29) is 6.04 Å². The van der Waals surface area contributed by atoms with Gasteiger partial charge in [-0.2, -0.15) is 5.10 Å². The molecule has 7 heteroatoms. The molecule has 0 aromatic carbocycles. The highest BCUT2D eigenvalue weighted by Crippen LogP contribution is 2.31. The number of hydrazine groups is 1. The molecule has 3 N–H and O–H groups in total. The zero-order chi connectivity index (χ0) is 14.5. The number of methoxy groups -OCH3 is 1. The minimum Gasteiger partial charge on any atom is -0.493 e. The van der Waals surface area contributed by atoms with Gasteiger partial charge in [0.25, 0.3) is 0 Å². The molecule has 2 aromatic rings. The van der Waals surface area contributed by atoms with E-state index < -0.39 is 0 Å². The lowest BCUT2D eigenvalue weighted by Crippen LogP contribution is -2.32. The summed E-state index contributed by atoms with van der Waals surface area (Å²) in [6.07, 6.45) is 4.30. The van der Waals surface area contributed by atoms with Crippen molar-refractivity contribution >= 4 is 11.6 Å². The van der Waals surface area contributed by atoms with Gasteiger partial charge in [-0.3, -0.25) is 15.5 Å². The molecule has 2 rings (SSSR count). The van der Waals surface area contributed by atoms with E-state index in [2.05, 4.69) is 22.4 Å². The Kier molecular flexibility index (Phi) is 4.94. The van der Waals surface area contributed by atoms with Crippen molar-refractivity contribution in [2.45, 2.75) is 25.9 Å². The molecule has 0 spiro atoms. The van der Waals surface area contributed by atoms with Crippen molar-refractivity contribution in [1.82, 2.24) is 20.2 Å². The second kappa shape index (κ2) is 6.69. The first-order valence-corrected chi connectivity index (χ1v) is 6.76. The first-order chi connectivity index (χ1) is 9.72. The summed E-state index contributed by atoms with van der Waals surface area (Å²) in [5.41, 5.74) is 4.21. The van der Waals surface area contributed by atoms with E-state index >= 15 is 0 Å². The fourth-order valence-corrected chi connectivity index (χ4v) is 2.34. The maximum absolute atomic E-state index is 6.21. The third kappa shape index (κ3) is 2.77. The molecular formula is C13H18ClN5O. The smallest absolute Gasteiger partial charge is 0.162 e. The second-order valence-corrected chi connectivity index (χ2v) is 4.70. The van der Waals surface area contributed by atoms with Crippen LogP contribution in [-0.4, -0.2) is 21.9 Å². The van der Waals surface area contributed by atoms with Crippen molar-refractivity contribution < 1.29 is 4.74 Å². The highest BCUT2D eigenvalue weighted by molar-refractivity contribution is 6.31.